The lowest BCUT2D eigenvalue weighted by molar-refractivity contribution is -0.139. The largest absolute Gasteiger partial charge is 0.321 e. The lowest BCUT2D eigenvalue weighted by atomic mass is 9.98. The lowest BCUT2D eigenvalue weighted by Crippen LogP contribution is -2.61. The molecule has 1 aromatic rings. The molecule has 132 valence electrons. The van der Waals surface area contributed by atoms with Gasteiger partial charge in [0.1, 0.15) is 12.1 Å². The van der Waals surface area contributed by atoms with E-state index >= 15 is 0 Å². The van der Waals surface area contributed by atoms with Gasteiger partial charge in [-0.1, -0.05) is 24.1 Å². The second-order valence-corrected chi connectivity index (χ2v) is 6.75. The molecule has 0 radical (unpaired) electrons. The van der Waals surface area contributed by atoms with Gasteiger partial charge in [-0.3, -0.25) is 20.2 Å². The summed E-state index contributed by atoms with van der Waals surface area (Å²) in [6.45, 7) is 4.11. The zero-order valence-electron chi connectivity index (χ0n) is 13.9. The Bertz CT molecular complexity index is 616. The van der Waals surface area contributed by atoms with Crippen LogP contribution in [-0.4, -0.2) is 35.0 Å². The van der Waals surface area contributed by atoms with Crippen LogP contribution in [0, 0.1) is 5.82 Å². The minimum Gasteiger partial charge on any atom is -0.321 e. The maximum atomic E-state index is 13.4. The number of nitrogens with one attached hydrogen (secondary N) is 1. The van der Waals surface area contributed by atoms with Crippen LogP contribution in [0.15, 0.2) is 18.2 Å². The van der Waals surface area contributed by atoms with Gasteiger partial charge < -0.3 is 5.32 Å². The van der Waals surface area contributed by atoms with Crippen LogP contribution in [0.5, 0.6) is 0 Å². The molecule has 3 unspecified atom stereocenters. The molecule has 3 N–H and O–H groups in total. The van der Waals surface area contributed by atoms with Gasteiger partial charge in [0, 0.05) is 18.5 Å². The van der Waals surface area contributed by atoms with Gasteiger partial charge >= 0.3 is 0 Å². The standard InChI is InChI=1S/C17H23ClFN3O2/c1-10-4-3-5-11(2)22(10)17(20)21-16(24)15(23)9-12-6-7-13(18)14(19)8-12/h6-8,10-11,17H,3-5,9,20H2,1-2H3,(H,21,24). The molecule has 7 heteroatoms. The predicted molar refractivity (Wildman–Crippen MR) is 90.9 cm³/mol. The number of hydrogen-bond acceptors (Lipinski definition) is 4. The van der Waals surface area contributed by atoms with E-state index in [9.17, 15) is 14.0 Å². The first-order valence-corrected chi connectivity index (χ1v) is 8.48. The van der Waals surface area contributed by atoms with Crippen molar-refractivity contribution in [2.24, 2.45) is 5.73 Å². The van der Waals surface area contributed by atoms with Crippen LogP contribution >= 0.6 is 11.6 Å². The molecule has 0 bridgehead atoms. The van der Waals surface area contributed by atoms with Gasteiger partial charge in [-0.25, -0.2) is 4.39 Å². The summed E-state index contributed by atoms with van der Waals surface area (Å²) in [7, 11) is 0. The van der Waals surface area contributed by atoms with Crippen molar-refractivity contribution in [3.63, 3.8) is 0 Å². The Labute approximate surface area is 146 Å². The van der Waals surface area contributed by atoms with Crippen molar-refractivity contribution in [1.82, 2.24) is 10.2 Å². The molecule has 0 aromatic heterocycles. The first kappa shape index (κ1) is 18.8. The Balaban J connectivity index is 1.95. The summed E-state index contributed by atoms with van der Waals surface area (Å²) >= 11 is 5.60. The maximum absolute atomic E-state index is 13.4. The summed E-state index contributed by atoms with van der Waals surface area (Å²) in [6, 6.07) is 4.52. The fourth-order valence-corrected chi connectivity index (χ4v) is 3.31. The van der Waals surface area contributed by atoms with Gasteiger partial charge in [0.25, 0.3) is 5.91 Å². The average molecular weight is 356 g/mol. The van der Waals surface area contributed by atoms with Crippen LogP contribution in [0.2, 0.25) is 5.02 Å². The molecule has 2 rings (SSSR count). The van der Waals surface area contributed by atoms with Crippen LogP contribution in [0.25, 0.3) is 0 Å². The fraction of sp³-hybridized carbons (Fsp3) is 0.529. The molecule has 1 saturated heterocycles. The zero-order valence-corrected chi connectivity index (χ0v) is 14.6. The lowest BCUT2D eigenvalue weighted by Gasteiger charge is -2.42. The number of nitrogens with two attached hydrogens (primary N) is 1. The molecule has 0 aliphatic carbocycles. The molecule has 0 spiro atoms. The number of Topliss-reactive ketones (excluding diaryl/α,β-unsaturated/α-hetero) is 1. The molecular weight excluding hydrogens is 333 g/mol. The molecule has 1 aromatic carbocycles. The highest BCUT2D eigenvalue weighted by atomic mass is 35.5. The molecule has 3 atom stereocenters. The summed E-state index contributed by atoms with van der Waals surface area (Å²) < 4.78 is 13.4. The molecule has 5 nitrogen and oxygen atoms in total. The molecular formula is C17H23ClFN3O2. The Hall–Kier alpha value is -1.50. The predicted octanol–water partition coefficient (Wildman–Crippen LogP) is 2.21. The highest BCUT2D eigenvalue weighted by molar-refractivity contribution is 6.36. The third-order valence-electron chi connectivity index (χ3n) is 4.46. The van der Waals surface area contributed by atoms with Gasteiger partial charge in [-0.15, -0.1) is 0 Å². The number of amides is 1. The molecule has 1 aliphatic rings. The number of nitrogens with zero attached hydrogens (tertiary/aromatic N) is 1. The van der Waals surface area contributed by atoms with Crippen LogP contribution in [-0.2, 0) is 16.0 Å². The number of benzene rings is 1. The smallest absolute Gasteiger partial charge is 0.289 e. The van der Waals surface area contributed by atoms with E-state index in [1.165, 1.54) is 12.1 Å². The van der Waals surface area contributed by atoms with Crippen molar-refractivity contribution in [3.05, 3.63) is 34.6 Å². The van der Waals surface area contributed by atoms with E-state index < -0.39 is 23.8 Å². The SMILES string of the molecule is CC1CCCC(C)N1C(N)NC(=O)C(=O)Cc1ccc(Cl)c(F)c1. The van der Waals surface area contributed by atoms with Crippen LogP contribution in [0.1, 0.15) is 38.7 Å². The normalized spacial score (nSPS) is 22.9. The number of hydrogen-bond donors (Lipinski definition) is 2. The number of rotatable bonds is 5. The topological polar surface area (TPSA) is 75.4 Å². The fourth-order valence-electron chi connectivity index (χ4n) is 3.19. The van der Waals surface area contributed by atoms with Gasteiger partial charge in [0.2, 0.25) is 5.78 Å². The van der Waals surface area contributed by atoms with Crippen molar-refractivity contribution in [2.45, 2.75) is 57.9 Å². The van der Waals surface area contributed by atoms with E-state index in [1.807, 2.05) is 4.90 Å². The first-order chi connectivity index (χ1) is 11.3. The highest BCUT2D eigenvalue weighted by Crippen LogP contribution is 2.22. The van der Waals surface area contributed by atoms with E-state index in [1.54, 1.807) is 0 Å². The summed E-state index contributed by atoms with van der Waals surface area (Å²) in [6.07, 6.45) is 2.23. The molecule has 1 amide bonds. The van der Waals surface area contributed by atoms with Crippen molar-refractivity contribution in [1.29, 1.82) is 0 Å². The summed E-state index contributed by atoms with van der Waals surface area (Å²) in [5.74, 6) is -2.04. The van der Waals surface area contributed by atoms with Crippen molar-refractivity contribution in [2.75, 3.05) is 0 Å². The monoisotopic (exact) mass is 355 g/mol. The summed E-state index contributed by atoms with van der Waals surface area (Å²) in [4.78, 5) is 26.1. The van der Waals surface area contributed by atoms with E-state index in [0.717, 1.165) is 25.3 Å². The Morgan fingerprint density at radius 3 is 2.58 bits per heavy atom. The number of halogens is 2. The molecule has 24 heavy (non-hydrogen) atoms. The Morgan fingerprint density at radius 1 is 1.38 bits per heavy atom. The zero-order chi connectivity index (χ0) is 17.9. The minimum atomic E-state index is -0.761. The van der Waals surface area contributed by atoms with Gasteiger partial charge in [0.15, 0.2) is 0 Å². The number of carbonyl (C=O) groups is 2. The molecule has 0 saturated carbocycles. The van der Waals surface area contributed by atoms with Crippen molar-refractivity contribution in [3.8, 4) is 0 Å². The van der Waals surface area contributed by atoms with Gasteiger partial charge in [0.05, 0.1) is 5.02 Å². The summed E-state index contributed by atoms with van der Waals surface area (Å²) in [5, 5.41) is 2.53. The highest BCUT2D eigenvalue weighted by Gasteiger charge is 2.30. The van der Waals surface area contributed by atoms with Crippen molar-refractivity contribution < 1.29 is 14.0 Å². The third kappa shape index (κ3) is 4.53. The van der Waals surface area contributed by atoms with E-state index in [2.05, 4.69) is 19.2 Å². The van der Waals surface area contributed by atoms with Crippen LogP contribution < -0.4 is 11.1 Å². The number of likely N-dealkylation sites (tertiary alicyclic amines) is 1. The van der Waals surface area contributed by atoms with Gasteiger partial charge in [-0.2, -0.15) is 0 Å². The Kier molecular flexibility index (Phi) is 6.32. The number of piperidine rings is 1. The van der Waals surface area contributed by atoms with E-state index in [0.29, 0.717) is 5.56 Å². The average Bonchev–Trinajstić information content (AvgIpc) is 2.50. The number of ketones is 1. The van der Waals surface area contributed by atoms with E-state index in [4.69, 9.17) is 17.3 Å². The van der Waals surface area contributed by atoms with Crippen molar-refractivity contribution >= 4 is 23.3 Å². The molecule has 1 aliphatic heterocycles. The minimum absolute atomic E-state index is 0.0225. The first-order valence-electron chi connectivity index (χ1n) is 8.10. The maximum Gasteiger partial charge on any atom is 0.289 e. The second-order valence-electron chi connectivity index (χ2n) is 6.34. The summed E-state index contributed by atoms with van der Waals surface area (Å²) in [5.41, 5.74) is 6.46. The quantitative estimate of drug-likeness (QED) is 0.627. The van der Waals surface area contributed by atoms with Gasteiger partial charge in [-0.05, 0) is 44.4 Å². The van der Waals surface area contributed by atoms with Crippen LogP contribution in [0.3, 0.4) is 0 Å². The molecule has 1 heterocycles. The van der Waals surface area contributed by atoms with E-state index in [-0.39, 0.29) is 23.5 Å². The number of carbonyl (C=O) groups excluding carboxylic acids is 2. The molecule has 1 fully saturated rings. The Morgan fingerprint density at radius 2 is 2.00 bits per heavy atom. The third-order valence-corrected chi connectivity index (χ3v) is 4.77. The second kappa shape index (κ2) is 8.05. The van der Waals surface area contributed by atoms with Crippen LogP contribution in [0.4, 0.5) is 4.39 Å².